The Hall–Kier alpha value is -2.24. The Kier molecular flexibility index (Phi) is 9.20. The first kappa shape index (κ1) is 25.0. The number of amides is 1. The topological polar surface area (TPSA) is 66.8 Å². The van der Waals surface area contributed by atoms with Gasteiger partial charge in [-0.15, -0.1) is 23.2 Å². The highest BCUT2D eigenvalue weighted by molar-refractivity contribution is 7.13. The monoisotopic (exact) mass is 453 g/mol. The second-order valence-electron chi connectivity index (χ2n) is 7.60. The molecule has 0 aliphatic carbocycles. The van der Waals surface area contributed by atoms with Crippen LogP contribution in [-0.2, 0) is 16.0 Å². The highest BCUT2D eigenvalue weighted by Gasteiger charge is 2.52. The predicted octanol–water partition coefficient (Wildman–Crippen LogP) is 4.06. The molecule has 1 aromatic rings. The summed E-state index contributed by atoms with van der Waals surface area (Å²) in [5.74, 6) is 0.781. The molecule has 170 valence electrons. The molecule has 8 heteroatoms. The van der Waals surface area contributed by atoms with Gasteiger partial charge in [-0.2, -0.15) is 8.78 Å². The first-order valence-corrected chi connectivity index (χ1v) is 11.2. The van der Waals surface area contributed by atoms with Gasteiger partial charge in [0.1, 0.15) is 4.88 Å². The second kappa shape index (κ2) is 11.4. The zero-order chi connectivity index (χ0) is 23.0. The number of esters is 1. The van der Waals surface area contributed by atoms with Gasteiger partial charge in [-0.3, -0.25) is 4.79 Å². The number of hydrogen-bond acceptors (Lipinski definition) is 5. The summed E-state index contributed by atoms with van der Waals surface area (Å²) in [4.78, 5) is 26.3. The quantitative estimate of drug-likeness (QED) is 0.348. The maximum Gasteiger partial charge on any atom is 0.348 e. The molecule has 1 aliphatic rings. The molecule has 5 nitrogen and oxygen atoms in total. The number of methoxy groups -OCH3 is 1. The zero-order valence-corrected chi connectivity index (χ0v) is 18.9. The third-order valence-corrected chi connectivity index (χ3v) is 6.27. The summed E-state index contributed by atoms with van der Waals surface area (Å²) < 4.78 is 32.8. The van der Waals surface area contributed by atoms with Crippen LogP contribution in [0.2, 0.25) is 0 Å². The van der Waals surface area contributed by atoms with Crippen LogP contribution in [0.15, 0.2) is 24.3 Å². The van der Waals surface area contributed by atoms with E-state index < -0.39 is 36.4 Å². The van der Waals surface area contributed by atoms with Crippen LogP contribution in [0.3, 0.4) is 0 Å². The fourth-order valence-electron chi connectivity index (χ4n) is 3.32. The van der Waals surface area contributed by atoms with E-state index in [1.54, 1.807) is 12.1 Å². The van der Waals surface area contributed by atoms with E-state index in [2.05, 4.69) is 16.6 Å². The fraction of sp³-hybridized carbons (Fsp3) is 0.565. The number of aliphatic hydroxyl groups is 1. The van der Waals surface area contributed by atoms with Gasteiger partial charge < -0.3 is 14.7 Å². The Balaban J connectivity index is 1.96. The van der Waals surface area contributed by atoms with Crippen LogP contribution in [0.5, 0.6) is 0 Å². The molecule has 3 atom stereocenters. The van der Waals surface area contributed by atoms with E-state index in [0.29, 0.717) is 24.1 Å². The lowest BCUT2D eigenvalue weighted by Gasteiger charge is -2.22. The summed E-state index contributed by atoms with van der Waals surface area (Å²) in [7, 11) is 1.31. The Morgan fingerprint density at radius 1 is 1.45 bits per heavy atom. The minimum atomic E-state index is -3.40. The second-order valence-corrected chi connectivity index (χ2v) is 8.77. The maximum atomic E-state index is 14.1. The molecule has 1 aliphatic heterocycles. The Labute approximate surface area is 186 Å². The van der Waals surface area contributed by atoms with Gasteiger partial charge in [-0.1, -0.05) is 26.0 Å². The van der Waals surface area contributed by atoms with Gasteiger partial charge in [-0.05, 0) is 30.9 Å². The van der Waals surface area contributed by atoms with Crippen LogP contribution in [0.25, 0.3) is 0 Å². The number of ether oxygens (including phenoxy) is 1. The van der Waals surface area contributed by atoms with Crippen LogP contribution in [0, 0.1) is 17.8 Å². The number of carbonyl (C=O) groups is 2. The maximum absolute atomic E-state index is 14.1. The van der Waals surface area contributed by atoms with Crippen molar-refractivity contribution in [1.82, 2.24) is 4.90 Å². The van der Waals surface area contributed by atoms with Crippen molar-refractivity contribution in [1.29, 1.82) is 0 Å². The smallest absolute Gasteiger partial charge is 0.348 e. The van der Waals surface area contributed by atoms with Crippen molar-refractivity contribution in [2.75, 3.05) is 13.7 Å². The standard InChI is InChI=1S/C23H29F2NO4S/c1-4-5-6-8-16(2)19(27)12-10-17-15-23(24,25)22(29)26(17)14-7-9-18-11-13-20(31-18)21(28)30-3/h10-13,16-17,19,27H,4,7-9,14-15H2,1-3H3. The molecule has 0 bridgehead atoms. The van der Waals surface area contributed by atoms with Crippen molar-refractivity contribution in [2.24, 2.45) is 5.92 Å². The number of aryl methyl sites for hydroxylation is 1. The van der Waals surface area contributed by atoms with Gasteiger partial charge in [0.15, 0.2) is 0 Å². The summed E-state index contributed by atoms with van der Waals surface area (Å²) >= 11 is 1.29. The number of thiophene rings is 1. The van der Waals surface area contributed by atoms with Gasteiger partial charge in [0.2, 0.25) is 0 Å². The Morgan fingerprint density at radius 3 is 2.87 bits per heavy atom. The summed E-state index contributed by atoms with van der Waals surface area (Å²) in [6.45, 7) is 3.95. The summed E-state index contributed by atoms with van der Waals surface area (Å²) in [5.41, 5.74) is 0. The molecule has 0 aromatic carbocycles. The lowest BCUT2D eigenvalue weighted by Crippen LogP contribution is -2.36. The van der Waals surface area contributed by atoms with Crippen molar-refractivity contribution in [3.63, 3.8) is 0 Å². The summed E-state index contributed by atoms with van der Waals surface area (Å²) in [6.07, 6.45) is 3.88. The van der Waals surface area contributed by atoms with Crippen molar-refractivity contribution in [3.05, 3.63) is 34.0 Å². The van der Waals surface area contributed by atoms with E-state index in [1.807, 2.05) is 13.8 Å². The zero-order valence-electron chi connectivity index (χ0n) is 18.1. The highest BCUT2D eigenvalue weighted by Crippen LogP contribution is 2.34. The largest absolute Gasteiger partial charge is 0.465 e. The van der Waals surface area contributed by atoms with E-state index in [0.717, 1.165) is 11.3 Å². The Bertz CT molecular complexity index is 855. The molecule has 1 N–H and O–H groups in total. The van der Waals surface area contributed by atoms with E-state index in [9.17, 15) is 23.5 Å². The molecule has 31 heavy (non-hydrogen) atoms. The number of halogens is 2. The average Bonchev–Trinajstić information content (AvgIpc) is 3.29. The molecular weight excluding hydrogens is 424 g/mol. The number of aliphatic hydroxyl groups excluding tert-OH is 1. The normalized spacial score (nSPS) is 19.9. The minimum absolute atomic E-state index is 0.135. The van der Waals surface area contributed by atoms with Crippen LogP contribution < -0.4 is 0 Å². The molecule has 1 saturated heterocycles. The molecule has 1 aromatic heterocycles. The number of alkyl halides is 2. The van der Waals surface area contributed by atoms with Crippen molar-refractivity contribution < 1.29 is 28.2 Å². The molecule has 1 amide bonds. The van der Waals surface area contributed by atoms with Crippen molar-refractivity contribution >= 4 is 23.2 Å². The van der Waals surface area contributed by atoms with Gasteiger partial charge in [0.05, 0.1) is 19.3 Å². The number of nitrogens with zero attached hydrogens (tertiary/aromatic N) is 1. The van der Waals surface area contributed by atoms with Crippen LogP contribution >= 0.6 is 11.3 Å². The molecule has 2 rings (SSSR count). The minimum Gasteiger partial charge on any atom is -0.465 e. The third kappa shape index (κ3) is 6.88. The molecular formula is C23H29F2NO4S. The molecule has 3 unspecified atom stereocenters. The van der Waals surface area contributed by atoms with Gasteiger partial charge >= 0.3 is 11.9 Å². The van der Waals surface area contributed by atoms with Crippen LogP contribution in [-0.4, -0.2) is 53.6 Å². The molecule has 2 heterocycles. The molecule has 0 spiro atoms. The number of hydrogen-bond donors (Lipinski definition) is 1. The predicted molar refractivity (Wildman–Crippen MR) is 116 cm³/mol. The van der Waals surface area contributed by atoms with Crippen LogP contribution in [0.4, 0.5) is 8.78 Å². The number of carbonyl (C=O) groups excluding carboxylic acids is 2. The number of rotatable bonds is 9. The van der Waals surface area contributed by atoms with E-state index >= 15 is 0 Å². The van der Waals surface area contributed by atoms with Gasteiger partial charge in [-0.25, -0.2) is 4.79 Å². The fourth-order valence-corrected chi connectivity index (χ4v) is 4.28. The number of likely N-dealkylation sites (tertiary alicyclic amines) is 1. The van der Waals surface area contributed by atoms with E-state index in [4.69, 9.17) is 0 Å². The SMILES string of the molecule is CCC#CCC(C)C(O)C=CC1CC(F)(F)C(=O)N1CCCc1ccc(C(=O)OC)s1. The van der Waals surface area contributed by atoms with Gasteiger partial charge in [0, 0.05) is 30.7 Å². The molecule has 0 radical (unpaired) electrons. The van der Waals surface area contributed by atoms with Crippen molar-refractivity contribution in [3.8, 4) is 11.8 Å². The molecule has 0 saturated carbocycles. The van der Waals surface area contributed by atoms with Crippen molar-refractivity contribution in [2.45, 2.75) is 64.0 Å². The van der Waals surface area contributed by atoms with E-state index in [-0.39, 0.29) is 12.5 Å². The highest BCUT2D eigenvalue weighted by atomic mass is 32.1. The van der Waals surface area contributed by atoms with E-state index in [1.165, 1.54) is 35.5 Å². The first-order valence-electron chi connectivity index (χ1n) is 10.4. The van der Waals surface area contributed by atoms with Crippen LogP contribution in [0.1, 0.15) is 54.1 Å². The first-order chi connectivity index (χ1) is 14.7. The summed E-state index contributed by atoms with van der Waals surface area (Å²) in [5, 5.41) is 10.3. The molecule has 1 fully saturated rings. The van der Waals surface area contributed by atoms with Gasteiger partial charge in [0.25, 0.3) is 5.91 Å². The summed E-state index contributed by atoms with van der Waals surface area (Å²) in [6, 6.07) is 2.70. The lowest BCUT2D eigenvalue weighted by atomic mass is 9.99. The Morgan fingerprint density at radius 2 is 2.19 bits per heavy atom. The lowest BCUT2D eigenvalue weighted by molar-refractivity contribution is -0.148. The third-order valence-electron chi connectivity index (χ3n) is 5.15. The average molecular weight is 454 g/mol.